The molecule has 222 valence electrons. The van der Waals surface area contributed by atoms with Crippen LogP contribution in [-0.2, 0) is 5.00 Å². The van der Waals surface area contributed by atoms with Gasteiger partial charge in [0.2, 0.25) is 5.82 Å². The fraction of sp³-hybridized carbons (Fsp3) is 0.0323. The van der Waals surface area contributed by atoms with Crippen molar-refractivity contribution in [1.82, 2.24) is 61.2 Å². The van der Waals surface area contributed by atoms with Crippen molar-refractivity contribution in [2.75, 3.05) is 4.90 Å². The Bertz CT molecular complexity index is 2440. The molecule has 46 heavy (non-hydrogen) atoms. The van der Waals surface area contributed by atoms with E-state index in [-0.39, 0.29) is 10.9 Å². The number of hydrogen-bond donors (Lipinski definition) is 4. The van der Waals surface area contributed by atoms with Gasteiger partial charge in [-0.2, -0.15) is 20.6 Å². The summed E-state index contributed by atoms with van der Waals surface area (Å²) in [6.07, 6.45) is 1.54. The highest BCUT2D eigenvalue weighted by Crippen LogP contribution is 2.58. The number of tetrazole rings is 1. The smallest absolute Gasteiger partial charge is 0.222 e. The predicted molar refractivity (Wildman–Crippen MR) is 174 cm³/mol. The number of nitrogens with one attached hydrogen (secondary N) is 4. The number of para-hydroxylation sites is 4. The summed E-state index contributed by atoms with van der Waals surface area (Å²) in [5.41, 5.74) is 5.39. The molecule has 8 aromatic rings. The van der Waals surface area contributed by atoms with Crippen molar-refractivity contribution < 1.29 is 0 Å². The number of benzene rings is 3. The molecule has 0 aliphatic carbocycles. The molecule has 6 heterocycles. The van der Waals surface area contributed by atoms with Crippen LogP contribution in [0.3, 0.4) is 0 Å². The zero-order valence-corrected chi connectivity index (χ0v) is 25.0. The number of pyridine rings is 1. The van der Waals surface area contributed by atoms with E-state index in [4.69, 9.17) is 33.2 Å². The number of aromatic amines is 4. The molecule has 15 heteroatoms. The minimum Gasteiger partial charge on any atom is -0.338 e. The molecule has 5 aromatic heterocycles. The first-order valence-corrected chi connectivity index (χ1v) is 14.9. The van der Waals surface area contributed by atoms with Gasteiger partial charge in [0.05, 0.1) is 44.7 Å². The molecule has 13 nitrogen and oxygen atoms in total. The van der Waals surface area contributed by atoms with E-state index in [9.17, 15) is 0 Å². The number of fused-ring (bicyclic) bond motifs is 3. The van der Waals surface area contributed by atoms with Gasteiger partial charge in [-0.05, 0) is 35.5 Å². The maximum absolute atomic E-state index is 8.20. The monoisotopic (exact) mass is 643 g/mol. The number of imidazole rings is 1. The lowest BCUT2D eigenvalue weighted by atomic mass is 9.86. The van der Waals surface area contributed by atoms with Crippen molar-refractivity contribution in [3.63, 3.8) is 0 Å². The van der Waals surface area contributed by atoms with E-state index in [1.165, 1.54) is 6.20 Å². The lowest BCUT2D eigenvalue weighted by molar-refractivity contribution is 0.732. The highest BCUT2D eigenvalue weighted by atomic mass is 35.5. The molecule has 1 aliphatic heterocycles. The summed E-state index contributed by atoms with van der Waals surface area (Å²) in [7, 11) is 0. The van der Waals surface area contributed by atoms with Gasteiger partial charge in [0, 0.05) is 21.9 Å². The molecule has 0 saturated heterocycles. The van der Waals surface area contributed by atoms with Gasteiger partial charge < -0.3 is 4.98 Å². The average Bonchev–Trinajstić information content (AvgIpc) is 3.92. The van der Waals surface area contributed by atoms with E-state index in [0.717, 1.165) is 27.3 Å². The zero-order chi connectivity index (χ0) is 30.8. The number of allylic oxidation sites excluding steroid dienone is 2. The number of aromatic nitrogens is 12. The first kappa shape index (κ1) is 26.5. The van der Waals surface area contributed by atoms with Gasteiger partial charge in [0.1, 0.15) is 11.5 Å². The number of rotatable bonds is 5. The van der Waals surface area contributed by atoms with Gasteiger partial charge in [-0.3, -0.25) is 10.00 Å². The topological polar surface area (TPSA) is 170 Å². The van der Waals surface area contributed by atoms with Gasteiger partial charge in [0.15, 0.2) is 10.8 Å². The van der Waals surface area contributed by atoms with E-state index >= 15 is 0 Å². The summed E-state index contributed by atoms with van der Waals surface area (Å²) < 4.78 is 0. The van der Waals surface area contributed by atoms with E-state index in [1.807, 2.05) is 84.9 Å². The van der Waals surface area contributed by atoms with E-state index in [2.05, 4.69) is 51.2 Å². The first-order valence-electron chi connectivity index (χ1n) is 14.1. The fourth-order valence-electron chi connectivity index (χ4n) is 6.04. The van der Waals surface area contributed by atoms with Gasteiger partial charge in [-0.25, -0.2) is 9.97 Å². The van der Waals surface area contributed by atoms with Crippen LogP contribution < -0.4 is 4.90 Å². The largest absolute Gasteiger partial charge is 0.338 e. The molecule has 0 bridgehead atoms. The highest BCUT2D eigenvalue weighted by molar-refractivity contribution is 6.46. The maximum Gasteiger partial charge on any atom is 0.222 e. The Balaban J connectivity index is 1.49. The molecule has 0 amide bonds. The number of halogens is 2. The third kappa shape index (κ3) is 3.82. The van der Waals surface area contributed by atoms with E-state index in [1.54, 1.807) is 4.90 Å². The number of alkyl halides is 1. The van der Waals surface area contributed by atoms with Crippen LogP contribution in [-0.4, -0.2) is 61.2 Å². The zero-order valence-electron chi connectivity index (χ0n) is 23.4. The van der Waals surface area contributed by atoms with E-state index in [0.29, 0.717) is 45.4 Å². The molecule has 0 radical (unpaired) electrons. The third-order valence-electron chi connectivity index (χ3n) is 8.00. The normalized spacial score (nSPS) is 17.2. The van der Waals surface area contributed by atoms with Crippen LogP contribution in [0.25, 0.3) is 49.7 Å². The molecule has 9 rings (SSSR count). The summed E-state index contributed by atoms with van der Waals surface area (Å²) in [5.74, 6) is 0.959. The molecular formula is C31H19Cl2N13. The quantitative estimate of drug-likeness (QED) is 0.135. The average molecular weight is 644 g/mol. The fourth-order valence-corrected chi connectivity index (χ4v) is 6.90. The van der Waals surface area contributed by atoms with Gasteiger partial charge >= 0.3 is 0 Å². The molecular weight excluding hydrogens is 625 g/mol. The van der Waals surface area contributed by atoms with Crippen molar-refractivity contribution in [2.45, 2.75) is 5.00 Å². The lowest BCUT2D eigenvalue weighted by Gasteiger charge is -2.44. The summed E-state index contributed by atoms with van der Waals surface area (Å²) >= 11 is 15.7. The van der Waals surface area contributed by atoms with Crippen molar-refractivity contribution in [3.05, 3.63) is 119 Å². The third-order valence-corrected chi connectivity index (χ3v) is 8.92. The Morgan fingerprint density at radius 3 is 2.37 bits per heavy atom. The van der Waals surface area contributed by atoms with Crippen LogP contribution in [0.2, 0.25) is 0 Å². The minimum absolute atomic E-state index is 0.168. The van der Waals surface area contributed by atoms with Crippen molar-refractivity contribution in [3.8, 4) is 0 Å². The standard InChI is InChI=1S/C31H19Cl2N13/c32-26-24(29-36-20-11-5-6-12-21(20)37-29)25(22-14-13-16-7-1-3-9-18(16)35-22)31(33,28-17-8-2-4-10-19(17)38-40-28)46(23-15-34-43-39-23)27(26)30-41-44-45-42-30/h1-15H,(H,36,37)(H,38,40)(H,34,39,43)(H,41,42,44,45). The number of H-pyrrole nitrogens is 4. The van der Waals surface area contributed by atoms with Crippen LogP contribution >= 0.6 is 23.2 Å². The van der Waals surface area contributed by atoms with Crippen LogP contribution in [0.4, 0.5) is 5.82 Å². The second-order valence-corrected chi connectivity index (χ2v) is 11.5. The van der Waals surface area contributed by atoms with Crippen molar-refractivity contribution in [1.29, 1.82) is 0 Å². The number of nitrogens with zero attached hydrogens (tertiary/aromatic N) is 9. The Kier molecular flexibility index (Phi) is 5.79. The van der Waals surface area contributed by atoms with Crippen molar-refractivity contribution in [2.24, 2.45) is 0 Å². The molecule has 3 aromatic carbocycles. The molecule has 4 N–H and O–H groups in total. The summed E-state index contributed by atoms with van der Waals surface area (Å²) in [6, 6.07) is 27.2. The van der Waals surface area contributed by atoms with Gasteiger partial charge in [-0.15, -0.1) is 15.3 Å². The Morgan fingerprint density at radius 2 is 1.57 bits per heavy atom. The van der Waals surface area contributed by atoms with E-state index < -0.39 is 5.00 Å². The Morgan fingerprint density at radius 1 is 0.761 bits per heavy atom. The predicted octanol–water partition coefficient (Wildman–Crippen LogP) is 5.75. The lowest BCUT2D eigenvalue weighted by Crippen LogP contribution is -2.46. The minimum atomic E-state index is -1.66. The second-order valence-electron chi connectivity index (χ2n) is 10.5. The van der Waals surface area contributed by atoms with Crippen LogP contribution in [0.1, 0.15) is 23.0 Å². The molecule has 0 spiro atoms. The molecule has 0 fully saturated rings. The summed E-state index contributed by atoms with van der Waals surface area (Å²) in [5, 5.41) is 36.1. The Labute approximate surface area is 268 Å². The SMILES string of the molecule is ClC1=C(c2nn[nH]n2)N(c2cn[nH]n2)C(Cl)(c2[nH]nc3ccccc23)C(c2ccc3ccccc3n2)=C1c1nc2ccccc2[nH]1. The molecule has 0 saturated carbocycles. The summed E-state index contributed by atoms with van der Waals surface area (Å²) in [6.45, 7) is 0. The van der Waals surface area contributed by atoms with Crippen LogP contribution in [0.5, 0.6) is 0 Å². The molecule has 1 atom stereocenters. The maximum atomic E-state index is 8.20. The molecule has 1 unspecified atom stereocenters. The van der Waals surface area contributed by atoms with Gasteiger partial charge in [-0.1, -0.05) is 77.8 Å². The second kappa shape index (κ2) is 10.1. The number of anilines is 1. The summed E-state index contributed by atoms with van der Waals surface area (Å²) in [4.78, 5) is 13.6. The van der Waals surface area contributed by atoms with Crippen LogP contribution in [0, 0.1) is 0 Å². The van der Waals surface area contributed by atoms with Crippen LogP contribution in [0.15, 0.2) is 96.2 Å². The Hall–Kier alpha value is -5.92. The highest BCUT2D eigenvalue weighted by Gasteiger charge is 2.54. The molecule has 1 aliphatic rings. The van der Waals surface area contributed by atoms with Gasteiger partial charge in [0.25, 0.3) is 0 Å². The first-order chi connectivity index (χ1) is 22.6. The van der Waals surface area contributed by atoms with Crippen molar-refractivity contribution >= 4 is 78.7 Å². The number of hydrogen-bond acceptors (Lipinski definition) is 9.